The van der Waals surface area contributed by atoms with Gasteiger partial charge in [0.05, 0.1) is 19.8 Å². The third-order valence-corrected chi connectivity index (χ3v) is 3.02. The van der Waals surface area contributed by atoms with Crippen molar-refractivity contribution in [3.05, 3.63) is 0 Å². The molecular weight excluding hydrogens is 300 g/mol. The van der Waals surface area contributed by atoms with Crippen LogP contribution in [0.1, 0.15) is 60.3 Å². The highest BCUT2D eigenvalue weighted by molar-refractivity contribution is 5.69. The lowest BCUT2D eigenvalue weighted by Gasteiger charge is -2.25. The van der Waals surface area contributed by atoms with Crippen LogP contribution in [0.25, 0.3) is 0 Å². The van der Waals surface area contributed by atoms with Gasteiger partial charge in [-0.1, -0.05) is 20.3 Å². The van der Waals surface area contributed by atoms with Crippen molar-refractivity contribution in [3.63, 3.8) is 0 Å². The van der Waals surface area contributed by atoms with Crippen molar-refractivity contribution >= 4 is 11.9 Å². The van der Waals surface area contributed by atoms with E-state index < -0.39 is 5.79 Å². The monoisotopic (exact) mass is 332 g/mol. The first-order chi connectivity index (χ1) is 10.8. The summed E-state index contributed by atoms with van der Waals surface area (Å²) in [5, 5.41) is 0. The smallest absolute Gasteiger partial charge is 0.305 e. The molecule has 0 aliphatic rings. The molecule has 0 saturated carbocycles. The summed E-state index contributed by atoms with van der Waals surface area (Å²) in [6.45, 7) is 10.7. The first-order valence-corrected chi connectivity index (χ1v) is 8.33. The standard InChI is InChI=1S/C17H32O6/c1-6-7-10-22-17(4,5)23-11-8-9-16(19)21-13-14(2)12-20-15(3)18/h14H,6-13H2,1-5H3. The number of ether oxygens (including phenoxy) is 4. The number of rotatable bonds is 13. The number of hydrogen-bond donors (Lipinski definition) is 0. The van der Waals surface area contributed by atoms with Crippen molar-refractivity contribution in [2.45, 2.75) is 66.1 Å². The van der Waals surface area contributed by atoms with E-state index in [-0.39, 0.29) is 31.1 Å². The summed E-state index contributed by atoms with van der Waals surface area (Å²) in [6, 6.07) is 0. The predicted octanol–water partition coefficient (Wildman–Crippen LogP) is 3.08. The summed E-state index contributed by atoms with van der Waals surface area (Å²) >= 11 is 0. The molecule has 0 rings (SSSR count). The van der Waals surface area contributed by atoms with Crippen LogP contribution >= 0.6 is 0 Å². The van der Waals surface area contributed by atoms with Gasteiger partial charge in [-0.05, 0) is 26.7 Å². The molecule has 0 amide bonds. The molecule has 0 aromatic carbocycles. The molecule has 0 N–H and O–H groups in total. The van der Waals surface area contributed by atoms with E-state index in [2.05, 4.69) is 6.92 Å². The molecular formula is C17H32O6. The van der Waals surface area contributed by atoms with Crippen molar-refractivity contribution in [1.82, 2.24) is 0 Å². The van der Waals surface area contributed by atoms with Gasteiger partial charge in [-0.3, -0.25) is 9.59 Å². The number of unbranched alkanes of at least 4 members (excludes halogenated alkanes) is 1. The highest BCUT2D eigenvalue weighted by Crippen LogP contribution is 2.13. The van der Waals surface area contributed by atoms with Crippen molar-refractivity contribution in [2.75, 3.05) is 26.4 Å². The van der Waals surface area contributed by atoms with E-state index in [1.54, 1.807) is 0 Å². The summed E-state index contributed by atoms with van der Waals surface area (Å²) in [4.78, 5) is 22.3. The summed E-state index contributed by atoms with van der Waals surface area (Å²) in [7, 11) is 0. The van der Waals surface area contributed by atoms with Crippen LogP contribution in [0.3, 0.4) is 0 Å². The Morgan fingerprint density at radius 3 is 2.13 bits per heavy atom. The fraction of sp³-hybridized carbons (Fsp3) is 0.882. The molecule has 0 bridgehead atoms. The van der Waals surface area contributed by atoms with Gasteiger partial charge in [-0.15, -0.1) is 0 Å². The fourth-order valence-corrected chi connectivity index (χ4v) is 1.65. The molecule has 23 heavy (non-hydrogen) atoms. The highest BCUT2D eigenvalue weighted by atomic mass is 16.7. The zero-order valence-corrected chi connectivity index (χ0v) is 15.2. The maximum atomic E-state index is 11.6. The van der Waals surface area contributed by atoms with Crippen molar-refractivity contribution in [1.29, 1.82) is 0 Å². The number of esters is 2. The van der Waals surface area contributed by atoms with Crippen LogP contribution in [-0.2, 0) is 28.5 Å². The first kappa shape index (κ1) is 21.9. The zero-order chi connectivity index (χ0) is 17.7. The Morgan fingerprint density at radius 2 is 1.57 bits per heavy atom. The average Bonchev–Trinajstić information content (AvgIpc) is 2.47. The van der Waals surface area contributed by atoms with Crippen LogP contribution in [0.5, 0.6) is 0 Å². The van der Waals surface area contributed by atoms with Gasteiger partial charge in [0.2, 0.25) is 0 Å². The molecule has 0 radical (unpaired) electrons. The van der Waals surface area contributed by atoms with Gasteiger partial charge in [-0.25, -0.2) is 0 Å². The van der Waals surface area contributed by atoms with E-state index in [0.717, 1.165) is 12.8 Å². The Bertz CT molecular complexity index is 340. The van der Waals surface area contributed by atoms with E-state index in [9.17, 15) is 9.59 Å². The number of hydrogen-bond acceptors (Lipinski definition) is 6. The molecule has 0 aliphatic carbocycles. The second kappa shape index (κ2) is 12.3. The lowest BCUT2D eigenvalue weighted by Crippen LogP contribution is -2.29. The van der Waals surface area contributed by atoms with Gasteiger partial charge in [0.25, 0.3) is 0 Å². The minimum absolute atomic E-state index is 0.00926. The molecule has 1 unspecified atom stereocenters. The van der Waals surface area contributed by atoms with Gasteiger partial charge in [-0.2, -0.15) is 0 Å². The second-order valence-corrected chi connectivity index (χ2v) is 6.14. The van der Waals surface area contributed by atoms with Crippen LogP contribution < -0.4 is 0 Å². The molecule has 6 nitrogen and oxygen atoms in total. The van der Waals surface area contributed by atoms with E-state index in [0.29, 0.717) is 26.1 Å². The maximum absolute atomic E-state index is 11.6. The summed E-state index contributed by atoms with van der Waals surface area (Å²) in [6.07, 6.45) is 2.96. The molecule has 0 aliphatic heterocycles. The lowest BCUT2D eigenvalue weighted by molar-refractivity contribution is -0.214. The third kappa shape index (κ3) is 14.2. The van der Waals surface area contributed by atoms with Gasteiger partial charge < -0.3 is 18.9 Å². The Morgan fingerprint density at radius 1 is 1.00 bits per heavy atom. The Hall–Kier alpha value is -1.14. The van der Waals surface area contributed by atoms with Crippen molar-refractivity contribution in [3.8, 4) is 0 Å². The minimum atomic E-state index is -0.627. The second-order valence-electron chi connectivity index (χ2n) is 6.14. The molecule has 0 heterocycles. The van der Waals surface area contributed by atoms with Gasteiger partial charge in [0.15, 0.2) is 5.79 Å². The molecule has 0 fully saturated rings. The van der Waals surface area contributed by atoms with Gasteiger partial charge in [0.1, 0.15) is 0 Å². The first-order valence-electron chi connectivity index (χ1n) is 8.33. The topological polar surface area (TPSA) is 71.1 Å². The van der Waals surface area contributed by atoms with E-state index >= 15 is 0 Å². The lowest BCUT2D eigenvalue weighted by atomic mass is 10.2. The van der Waals surface area contributed by atoms with Crippen LogP contribution in [0.15, 0.2) is 0 Å². The van der Waals surface area contributed by atoms with E-state index in [4.69, 9.17) is 18.9 Å². The number of carbonyl (C=O) groups is 2. The highest BCUT2D eigenvalue weighted by Gasteiger charge is 2.18. The zero-order valence-electron chi connectivity index (χ0n) is 15.2. The SMILES string of the molecule is CCCCOC(C)(C)OCCCC(=O)OCC(C)COC(C)=O. The average molecular weight is 332 g/mol. The minimum Gasteiger partial charge on any atom is -0.465 e. The van der Waals surface area contributed by atoms with Crippen LogP contribution in [0, 0.1) is 5.92 Å². The van der Waals surface area contributed by atoms with Crippen LogP contribution in [-0.4, -0.2) is 44.2 Å². The van der Waals surface area contributed by atoms with Crippen LogP contribution in [0.4, 0.5) is 0 Å². The summed E-state index contributed by atoms with van der Waals surface area (Å²) in [5.74, 6) is -1.24. The molecule has 136 valence electrons. The normalized spacial score (nSPS) is 12.7. The van der Waals surface area contributed by atoms with Gasteiger partial charge in [0, 0.05) is 25.9 Å². The quantitative estimate of drug-likeness (QED) is 0.293. The van der Waals surface area contributed by atoms with Gasteiger partial charge >= 0.3 is 11.9 Å². The predicted molar refractivity (Wildman–Crippen MR) is 86.9 cm³/mol. The maximum Gasteiger partial charge on any atom is 0.305 e. The van der Waals surface area contributed by atoms with E-state index in [1.165, 1.54) is 6.92 Å². The molecule has 6 heteroatoms. The molecule has 0 spiro atoms. The summed E-state index contributed by atoms with van der Waals surface area (Å²) in [5.41, 5.74) is 0. The summed E-state index contributed by atoms with van der Waals surface area (Å²) < 4.78 is 21.2. The molecule has 0 aromatic heterocycles. The van der Waals surface area contributed by atoms with E-state index in [1.807, 2.05) is 20.8 Å². The number of carbonyl (C=O) groups excluding carboxylic acids is 2. The van der Waals surface area contributed by atoms with Crippen LogP contribution in [0.2, 0.25) is 0 Å². The van der Waals surface area contributed by atoms with Crippen molar-refractivity contribution < 1.29 is 28.5 Å². The fourth-order valence-electron chi connectivity index (χ4n) is 1.65. The Balaban J connectivity index is 3.68. The molecule has 0 saturated heterocycles. The third-order valence-electron chi connectivity index (χ3n) is 3.02. The largest absolute Gasteiger partial charge is 0.465 e. The molecule has 0 aromatic rings. The Kier molecular flexibility index (Phi) is 11.7. The Labute approximate surface area is 139 Å². The molecule has 1 atom stereocenters. The van der Waals surface area contributed by atoms with Crippen molar-refractivity contribution in [2.24, 2.45) is 5.92 Å².